The van der Waals surface area contributed by atoms with Crippen molar-refractivity contribution in [3.05, 3.63) is 54.2 Å². The Kier molecular flexibility index (Phi) is 3.58. The monoisotopic (exact) mass is 281 g/mol. The van der Waals surface area contributed by atoms with E-state index >= 15 is 0 Å². The van der Waals surface area contributed by atoms with Gasteiger partial charge in [-0.05, 0) is 12.1 Å². The number of imidazole rings is 1. The molecule has 0 radical (unpaired) electrons. The van der Waals surface area contributed by atoms with Gasteiger partial charge in [-0.15, -0.1) is 0 Å². The van der Waals surface area contributed by atoms with E-state index in [1.165, 1.54) is 0 Å². The highest BCUT2D eigenvalue weighted by Crippen LogP contribution is 2.26. The standard InChI is InChI=1S/C16H19N5/c1-20-8-7-18-16(20)11-21(2)15-9-12(10-17)19-14-6-4-3-5-13(14)15/h3-9H,10-11,17H2,1-2H3. The van der Waals surface area contributed by atoms with E-state index in [2.05, 4.69) is 34.0 Å². The summed E-state index contributed by atoms with van der Waals surface area (Å²) in [7, 11) is 4.07. The molecule has 0 saturated heterocycles. The summed E-state index contributed by atoms with van der Waals surface area (Å²) in [5, 5.41) is 1.13. The molecule has 0 aliphatic carbocycles. The molecule has 2 heterocycles. The molecule has 5 nitrogen and oxygen atoms in total. The minimum atomic E-state index is 0.439. The second-order valence-corrected chi connectivity index (χ2v) is 5.16. The fourth-order valence-corrected chi connectivity index (χ4v) is 2.48. The molecule has 0 amide bonds. The second kappa shape index (κ2) is 5.54. The van der Waals surface area contributed by atoms with Gasteiger partial charge in [-0.2, -0.15) is 0 Å². The Bertz CT molecular complexity index is 762. The maximum absolute atomic E-state index is 5.77. The van der Waals surface area contributed by atoms with Crippen LogP contribution >= 0.6 is 0 Å². The van der Waals surface area contributed by atoms with Crippen molar-refractivity contribution in [1.29, 1.82) is 0 Å². The third-order valence-corrected chi connectivity index (χ3v) is 3.67. The van der Waals surface area contributed by atoms with E-state index in [9.17, 15) is 0 Å². The summed E-state index contributed by atoms with van der Waals surface area (Å²) in [5.74, 6) is 1.02. The number of pyridine rings is 1. The lowest BCUT2D eigenvalue weighted by atomic mass is 10.1. The third kappa shape index (κ3) is 2.60. The number of aryl methyl sites for hydroxylation is 1. The van der Waals surface area contributed by atoms with Crippen LogP contribution in [-0.2, 0) is 20.1 Å². The van der Waals surface area contributed by atoms with Crippen LogP contribution in [0.15, 0.2) is 42.7 Å². The number of nitrogens with two attached hydrogens (primary N) is 1. The highest BCUT2D eigenvalue weighted by molar-refractivity contribution is 5.91. The van der Waals surface area contributed by atoms with Gasteiger partial charge < -0.3 is 15.2 Å². The molecule has 0 saturated carbocycles. The molecule has 0 aliphatic heterocycles. The SMILES string of the molecule is CN(Cc1nccn1C)c1cc(CN)nc2ccccc12. The van der Waals surface area contributed by atoms with Gasteiger partial charge in [0.05, 0.1) is 17.8 Å². The van der Waals surface area contributed by atoms with Gasteiger partial charge in [0.25, 0.3) is 0 Å². The summed E-state index contributed by atoms with van der Waals surface area (Å²) in [4.78, 5) is 11.1. The van der Waals surface area contributed by atoms with Gasteiger partial charge in [0.2, 0.25) is 0 Å². The van der Waals surface area contributed by atoms with Gasteiger partial charge in [-0.25, -0.2) is 4.98 Å². The van der Waals surface area contributed by atoms with Crippen molar-refractivity contribution in [2.45, 2.75) is 13.1 Å². The number of rotatable bonds is 4. The van der Waals surface area contributed by atoms with Crippen molar-refractivity contribution in [1.82, 2.24) is 14.5 Å². The molecule has 0 unspecified atom stereocenters. The van der Waals surface area contributed by atoms with Gasteiger partial charge >= 0.3 is 0 Å². The molecule has 3 aromatic rings. The summed E-state index contributed by atoms with van der Waals surface area (Å²) in [6, 6.07) is 10.2. The number of fused-ring (bicyclic) bond motifs is 1. The molecule has 1 aromatic carbocycles. The number of hydrogen-bond acceptors (Lipinski definition) is 4. The average Bonchev–Trinajstić information content (AvgIpc) is 2.91. The van der Waals surface area contributed by atoms with Gasteiger partial charge in [-0.3, -0.25) is 4.98 Å². The third-order valence-electron chi connectivity index (χ3n) is 3.67. The summed E-state index contributed by atoms with van der Waals surface area (Å²) in [6.45, 7) is 1.18. The van der Waals surface area contributed by atoms with Crippen LogP contribution in [0.1, 0.15) is 11.5 Å². The van der Waals surface area contributed by atoms with E-state index in [1.54, 1.807) is 0 Å². The molecule has 0 aliphatic rings. The maximum atomic E-state index is 5.77. The van der Waals surface area contributed by atoms with Crippen LogP contribution in [0.4, 0.5) is 5.69 Å². The Morgan fingerprint density at radius 3 is 2.81 bits per heavy atom. The van der Waals surface area contributed by atoms with E-state index in [1.807, 2.05) is 42.2 Å². The highest BCUT2D eigenvalue weighted by Gasteiger charge is 2.11. The molecule has 0 bridgehead atoms. The van der Waals surface area contributed by atoms with E-state index in [0.717, 1.165) is 34.7 Å². The number of hydrogen-bond donors (Lipinski definition) is 1. The van der Waals surface area contributed by atoms with Crippen LogP contribution in [-0.4, -0.2) is 21.6 Å². The molecular formula is C16H19N5. The first-order valence-electron chi connectivity index (χ1n) is 6.95. The summed E-state index contributed by atoms with van der Waals surface area (Å²) in [6.07, 6.45) is 3.78. The van der Waals surface area contributed by atoms with Crippen LogP contribution in [0, 0.1) is 0 Å². The molecule has 5 heteroatoms. The van der Waals surface area contributed by atoms with E-state index in [0.29, 0.717) is 6.54 Å². The van der Waals surface area contributed by atoms with Crippen LogP contribution in [0.5, 0.6) is 0 Å². The Balaban J connectivity index is 2.04. The molecule has 2 N–H and O–H groups in total. The Hall–Kier alpha value is -2.40. The summed E-state index contributed by atoms with van der Waals surface area (Å²) >= 11 is 0. The molecule has 3 rings (SSSR count). The Morgan fingerprint density at radius 2 is 2.10 bits per heavy atom. The second-order valence-electron chi connectivity index (χ2n) is 5.16. The van der Waals surface area contributed by atoms with Crippen molar-refractivity contribution in [3.63, 3.8) is 0 Å². The predicted molar refractivity (Wildman–Crippen MR) is 84.9 cm³/mol. The smallest absolute Gasteiger partial charge is 0.127 e. The fourth-order valence-electron chi connectivity index (χ4n) is 2.48. The van der Waals surface area contributed by atoms with Crippen molar-refractivity contribution < 1.29 is 0 Å². The number of benzene rings is 1. The van der Waals surface area contributed by atoms with Crippen LogP contribution in [0.2, 0.25) is 0 Å². The average molecular weight is 281 g/mol. The van der Waals surface area contributed by atoms with Crippen molar-refractivity contribution in [3.8, 4) is 0 Å². The van der Waals surface area contributed by atoms with E-state index in [-0.39, 0.29) is 0 Å². The summed E-state index contributed by atoms with van der Waals surface area (Å²) < 4.78 is 2.03. The molecule has 0 spiro atoms. The lowest BCUT2D eigenvalue weighted by Gasteiger charge is -2.21. The molecule has 2 aromatic heterocycles. The number of para-hydroxylation sites is 1. The molecule has 21 heavy (non-hydrogen) atoms. The predicted octanol–water partition coefficient (Wildman–Crippen LogP) is 2.06. The first kappa shape index (κ1) is 13.6. The maximum Gasteiger partial charge on any atom is 0.127 e. The Morgan fingerprint density at radius 1 is 1.29 bits per heavy atom. The zero-order chi connectivity index (χ0) is 14.8. The molecular weight excluding hydrogens is 262 g/mol. The van der Waals surface area contributed by atoms with Crippen molar-refractivity contribution >= 4 is 16.6 Å². The minimum absolute atomic E-state index is 0.439. The molecule has 108 valence electrons. The number of anilines is 1. The number of nitrogens with zero attached hydrogens (tertiary/aromatic N) is 4. The molecule has 0 fully saturated rings. The minimum Gasteiger partial charge on any atom is -0.367 e. The van der Waals surface area contributed by atoms with Gasteiger partial charge in [0.1, 0.15) is 5.82 Å². The summed E-state index contributed by atoms with van der Waals surface area (Å²) in [5.41, 5.74) is 8.77. The highest BCUT2D eigenvalue weighted by atomic mass is 15.2. The first-order valence-corrected chi connectivity index (χ1v) is 6.95. The Labute approximate surface area is 124 Å². The topological polar surface area (TPSA) is 60.0 Å². The first-order chi connectivity index (χ1) is 10.2. The quantitative estimate of drug-likeness (QED) is 0.795. The fraction of sp³-hybridized carbons (Fsp3) is 0.250. The lowest BCUT2D eigenvalue weighted by Crippen LogP contribution is -2.20. The van der Waals surface area contributed by atoms with Crippen LogP contribution < -0.4 is 10.6 Å². The van der Waals surface area contributed by atoms with Gasteiger partial charge in [-0.1, -0.05) is 18.2 Å². The zero-order valence-electron chi connectivity index (χ0n) is 12.3. The molecule has 0 atom stereocenters. The van der Waals surface area contributed by atoms with Crippen molar-refractivity contribution in [2.75, 3.05) is 11.9 Å². The normalized spacial score (nSPS) is 11.0. The van der Waals surface area contributed by atoms with Gasteiger partial charge in [0.15, 0.2) is 0 Å². The zero-order valence-corrected chi connectivity index (χ0v) is 12.3. The largest absolute Gasteiger partial charge is 0.367 e. The van der Waals surface area contributed by atoms with Gasteiger partial charge in [0, 0.05) is 44.1 Å². The van der Waals surface area contributed by atoms with E-state index < -0.39 is 0 Å². The van der Waals surface area contributed by atoms with Crippen LogP contribution in [0.3, 0.4) is 0 Å². The van der Waals surface area contributed by atoms with Crippen molar-refractivity contribution in [2.24, 2.45) is 12.8 Å². The number of aromatic nitrogens is 3. The van der Waals surface area contributed by atoms with E-state index in [4.69, 9.17) is 5.73 Å². The van der Waals surface area contributed by atoms with Crippen LogP contribution in [0.25, 0.3) is 10.9 Å². The lowest BCUT2D eigenvalue weighted by molar-refractivity contribution is 0.762.